The van der Waals surface area contributed by atoms with Crippen molar-refractivity contribution in [2.24, 2.45) is 5.10 Å². The molecule has 1 amide bonds. The van der Waals surface area contributed by atoms with Crippen molar-refractivity contribution in [1.82, 2.24) is 5.43 Å². The van der Waals surface area contributed by atoms with E-state index in [-0.39, 0.29) is 12.1 Å². The highest BCUT2D eigenvalue weighted by Gasteiger charge is 2.15. The third-order valence-electron chi connectivity index (χ3n) is 3.74. The maximum atomic E-state index is 12.0. The Bertz CT molecular complexity index is 1060. The van der Waals surface area contributed by atoms with Crippen molar-refractivity contribution in [1.29, 1.82) is 0 Å². The van der Waals surface area contributed by atoms with Crippen molar-refractivity contribution in [2.75, 3.05) is 0 Å². The number of nitro groups is 1. The lowest BCUT2D eigenvalue weighted by Gasteiger charge is -2.02. The number of carbonyl (C=O) groups excluding carboxylic acids is 1. The number of furan rings is 1. The predicted molar refractivity (Wildman–Crippen MR) is 107 cm³/mol. The largest absolute Gasteiger partial charge is 0.455 e. The summed E-state index contributed by atoms with van der Waals surface area (Å²) >= 11 is 12.0. The molecule has 0 aliphatic heterocycles. The second-order valence-corrected chi connectivity index (χ2v) is 6.53. The van der Waals surface area contributed by atoms with E-state index in [1.165, 1.54) is 18.3 Å². The molecular weight excluding hydrogens is 405 g/mol. The van der Waals surface area contributed by atoms with E-state index in [0.717, 1.165) is 0 Å². The lowest BCUT2D eigenvalue weighted by molar-refractivity contribution is -0.385. The molecule has 142 valence electrons. The van der Waals surface area contributed by atoms with E-state index in [1.54, 1.807) is 42.5 Å². The Labute approximate surface area is 169 Å². The summed E-state index contributed by atoms with van der Waals surface area (Å²) in [6, 6.07) is 14.5. The Kier molecular flexibility index (Phi) is 6.08. The summed E-state index contributed by atoms with van der Waals surface area (Å²) in [5.41, 5.74) is 3.18. The van der Waals surface area contributed by atoms with Crippen LogP contribution in [0.5, 0.6) is 0 Å². The van der Waals surface area contributed by atoms with E-state index >= 15 is 0 Å². The second kappa shape index (κ2) is 8.69. The first kappa shape index (κ1) is 19.6. The van der Waals surface area contributed by atoms with Gasteiger partial charge >= 0.3 is 0 Å². The molecule has 2 aromatic carbocycles. The summed E-state index contributed by atoms with van der Waals surface area (Å²) in [6.45, 7) is 0. The number of amides is 1. The van der Waals surface area contributed by atoms with Crippen LogP contribution in [0.1, 0.15) is 11.3 Å². The average Bonchev–Trinajstić information content (AvgIpc) is 3.10. The summed E-state index contributed by atoms with van der Waals surface area (Å²) in [7, 11) is 0. The summed E-state index contributed by atoms with van der Waals surface area (Å²) in [6.07, 6.45) is 1.16. The summed E-state index contributed by atoms with van der Waals surface area (Å²) in [4.78, 5) is 22.4. The monoisotopic (exact) mass is 417 g/mol. The minimum Gasteiger partial charge on any atom is -0.455 e. The molecule has 3 aromatic rings. The van der Waals surface area contributed by atoms with Gasteiger partial charge in [0.05, 0.1) is 22.6 Å². The van der Waals surface area contributed by atoms with E-state index in [1.807, 2.05) is 0 Å². The first-order chi connectivity index (χ1) is 13.4. The quantitative estimate of drug-likeness (QED) is 0.351. The number of nitro benzene ring substituents is 1. The van der Waals surface area contributed by atoms with E-state index < -0.39 is 10.8 Å². The molecule has 9 heteroatoms. The summed E-state index contributed by atoms with van der Waals surface area (Å²) < 4.78 is 5.62. The molecular formula is C19H13Cl2N3O4. The third-order valence-corrected chi connectivity index (χ3v) is 4.29. The number of hydrazone groups is 1. The maximum absolute atomic E-state index is 12.0. The van der Waals surface area contributed by atoms with Crippen LogP contribution in [0, 0.1) is 10.1 Å². The molecule has 1 N–H and O–H groups in total. The number of hydrogen-bond acceptors (Lipinski definition) is 5. The molecule has 0 saturated carbocycles. The number of halogens is 2. The fraction of sp³-hybridized carbons (Fsp3) is 0.0526. The first-order valence-corrected chi connectivity index (χ1v) is 8.79. The summed E-state index contributed by atoms with van der Waals surface area (Å²) in [5.74, 6) is 0.430. The van der Waals surface area contributed by atoms with Crippen LogP contribution in [0.4, 0.5) is 5.69 Å². The van der Waals surface area contributed by atoms with Gasteiger partial charge in [-0.2, -0.15) is 5.10 Å². The van der Waals surface area contributed by atoms with Crippen molar-refractivity contribution in [2.45, 2.75) is 6.42 Å². The number of rotatable bonds is 6. The van der Waals surface area contributed by atoms with E-state index in [4.69, 9.17) is 27.6 Å². The van der Waals surface area contributed by atoms with Crippen LogP contribution in [0.25, 0.3) is 11.3 Å². The molecule has 0 bridgehead atoms. The molecule has 0 aliphatic rings. The number of nitrogens with zero attached hydrogens (tertiary/aromatic N) is 2. The van der Waals surface area contributed by atoms with Gasteiger partial charge in [-0.1, -0.05) is 41.4 Å². The van der Waals surface area contributed by atoms with Crippen molar-refractivity contribution in [3.63, 3.8) is 0 Å². The van der Waals surface area contributed by atoms with Crippen molar-refractivity contribution in [3.05, 3.63) is 86.1 Å². The standard InChI is InChI=1S/C19H13Cl2N3O4/c20-13-5-7-15(16(21)10-13)18-8-6-14(28-18)11-22-23-19(25)9-12-3-1-2-4-17(12)24(26)27/h1-8,10-11H,9H2,(H,23,25)/b22-11-. The van der Waals surface area contributed by atoms with Gasteiger partial charge in [0.15, 0.2) is 0 Å². The van der Waals surface area contributed by atoms with Crippen molar-refractivity contribution < 1.29 is 14.1 Å². The third kappa shape index (κ3) is 4.76. The van der Waals surface area contributed by atoms with Gasteiger partial charge in [0.1, 0.15) is 11.5 Å². The zero-order valence-corrected chi connectivity index (χ0v) is 15.8. The van der Waals surface area contributed by atoms with Gasteiger partial charge in [-0.25, -0.2) is 5.43 Å². The van der Waals surface area contributed by atoms with Gasteiger partial charge in [0.25, 0.3) is 5.69 Å². The number of benzene rings is 2. The maximum Gasteiger partial charge on any atom is 0.273 e. The Balaban J connectivity index is 1.63. The van der Waals surface area contributed by atoms with E-state index in [0.29, 0.717) is 32.7 Å². The Morgan fingerprint density at radius 3 is 2.71 bits per heavy atom. The van der Waals surface area contributed by atoms with Crippen LogP contribution >= 0.6 is 23.2 Å². The topological polar surface area (TPSA) is 97.7 Å². The number of hydrogen-bond donors (Lipinski definition) is 1. The minimum absolute atomic E-state index is 0.114. The molecule has 28 heavy (non-hydrogen) atoms. The SMILES string of the molecule is O=C(Cc1ccccc1[N+](=O)[O-])N/N=C\c1ccc(-c2ccc(Cl)cc2Cl)o1. The van der Waals surface area contributed by atoms with Gasteiger partial charge in [-0.05, 0) is 30.3 Å². The van der Waals surface area contributed by atoms with Crippen LogP contribution in [0.15, 0.2) is 64.1 Å². The fourth-order valence-corrected chi connectivity index (χ4v) is 2.98. The molecule has 1 aromatic heterocycles. The smallest absolute Gasteiger partial charge is 0.273 e. The zero-order valence-electron chi connectivity index (χ0n) is 14.3. The minimum atomic E-state index is -0.530. The molecule has 0 saturated heterocycles. The average molecular weight is 418 g/mol. The van der Waals surface area contributed by atoms with Crippen LogP contribution in [-0.2, 0) is 11.2 Å². The van der Waals surface area contributed by atoms with Crippen LogP contribution in [0.3, 0.4) is 0 Å². The Morgan fingerprint density at radius 1 is 1.18 bits per heavy atom. The number of para-hydroxylation sites is 1. The molecule has 0 aliphatic carbocycles. The van der Waals surface area contributed by atoms with E-state index in [2.05, 4.69) is 10.5 Å². The van der Waals surface area contributed by atoms with Crippen molar-refractivity contribution >= 4 is 41.0 Å². The normalized spacial score (nSPS) is 10.9. The van der Waals surface area contributed by atoms with Crippen LogP contribution < -0.4 is 5.43 Å². The lowest BCUT2D eigenvalue weighted by Crippen LogP contribution is -2.20. The first-order valence-electron chi connectivity index (χ1n) is 8.03. The second-order valence-electron chi connectivity index (χ2n) is 5.68. The fourth-order valence-electron chi connectivity index (χ4n) is 2.48. The predicted octanol–water partition coefficient (Wildman–Crippen LogP) is 4.85. The van der Waals surface area contributed by atoms with Gasteiger partial charge < -0.3 is 4.42 Å². The van der Waals surface area contributed by atoms with Crippen LogP contribution in [-0.4, -0.2) is 17.0 Å². The molecule has 0 atom stereocenters. The van der Waals surface area contributed by atoms with Crippen LogP contribution in [0.2, 0.25) is 10.0 Å². The van der Waals surface area contributed by atoms with Gasteiger partial charge in [-0.3, -0.25) is 14.9 Å². The molecule has 0 unspecified atom stereocenters. The number of carbonyl (C=O) groups is 1. The Hall–Kier alpha value is -3.16. The molecule has 7 nitrogen and oxygen atoms in total. The molecule has 0 fully saturated rings. The van der Waals surface area contributed by atoms with E-state index in [9.17, 15) is 14.9 Å². The summed E-state index contributed by atoms with van der Waals surface area (Å²) in [5, 5.41) is 15.8. The highest BCUT2D eigenvalue weighted by molar-refractivity contribution is 6.36. The molecule has 0 radical (unpaired) electrons. The molecule has 3 rings (SSSR count). The number of nitrogens with one attached hydrogen (secondary N) is 1. The van der Waals surface area contributed by atoms with Gasteiger partial charge in [0.2, 0.25) is 5.91 Å². The zero-order chi connectivity index (χ0) is 20.1. The highest BCUT2D eigenvalue weighted by atomic mass is 35.5. The molecule has 1 heterocycles. The lowest BCUT2D eigenvalue weighted by atomic mass is 10.1. The van der Waals surface area contributed by atoms with Crippen molar-refractivity contribution in [3.8, 4) is 11.3 Å². The van der Waals surface area contributed by atoms with Gasteiger partial charge in [-0.15, -0.1) is 0 Å². The highest BCUT2D eigenvalue weighted by Crippen LogP contribution is 2.31. The van der Waals surface area contributed by atoms with Gasteiger partial charge in [0, 0.05) is 22.2 Å². The Morgan fingerprint density at radius 2 is 1.96 bits per heavy atom. The molecule has 0 spiro atoms.